The molecule has 0 atom stereocenters. The predicted molar refractivity (Wildman–Crippen MR) is 113 cm³/mol. The molecule has 0 radical (unpaired) electrons. The van der Waals surface area contributed by atoms with Crippen molar-refractivity contribution in [2.24, 2.45) is 0 Å². The summed E-state index contributed by atoms with van der Waals surface area (Å²) in [6.07, 6.45) is 0. The van der Waals surface area contributed by atoms with E-state index in [9.17, 15) is 4.79 Å². The van der Waals surface area contributed by atoms with Crippen LogP contribution in [0.15, 0.2) is 54.6 Å². The highest BCUT2D eigenvalue weighted by Crippen LogP contribution is 2.19. The van der Waals surface area contributed by atoms with E-state index < -0.39 is 0 Å². The fourth-order valence-electron chi connectivity index (χ4n) is 2.92. The quantitative estimate of drug-likeness (QED) is 0.645. The third-order valence-electron chi connectivity index (χ3n) is 4.46. The van der Waals surface area contributed by atoms with Crippen molar-refractivity contribution in [2.75, 3.05) is 5.32 Å². The average molecular weight is 374 g/mol. The monoisotopic (exact) mass is 374 g/mol. The summed E-state index contributed by atoms with van der Waals surface area (Å²) in [6.45, 7) is 8.67. The van der Waals surface area contributed by atoms with E-state index in [0.717, 1.165) is 16.9 Å². The van der Waals surface area contributed by atoms with Gasteiger partial charge in [0, 0.05) is 17.9 Å². The van der Waals surface area contributed by atoms with Crippen LogP contribution < -0.4 is 10.6 Å². The van der Waals surface area contributed by atoms with Gasteiger partial charge in [0.1, 0.15) is 5.69 Å². The number of aromatic nitrogens is 2. The minimum Gasteiger partial charge on any atom is -0.347 e. The summed E-state index contributed by atoms with van der Waals surface area (Å²) in [5, 5.41) is 6.11. The molecule has 5 nitrogen and oxygen atoms in total. The first-order valence-corrected chi connectivity index (χ1v) is 9.47. The zero-order valence-corrected chi connectivity index (χ0v) is 16.8. The van der Waals surface area contributed by atoms with Crippen LogP contribution >= 0.6 is 0 Å². The molecule has 3 aromatic rings. The fraction of sp³-hybridized carbons (Fsp3) is 0.261. The molecule has 144 valence electrons. The van der Waals surface area contributed by atoms with E-state index in [4.69, 9.17) is 0 Å². The summed E-state index contributed by atoms with van der Waals surface area (Å²) in [5.74, 6) is 0.677. The van der Waals surface area contributed by atoms with E-state index in [2.05, 4.69) is 52.6 Å². The van der Waals surface area contributed by atoms with E-state index in [-0.39, 0.29) is 5.91 Å². The molecule has 0 saturated heterocycles. The highest BCUT2D eigenvalue weighted by molar-refractivity contribution is 5.92. The Kier molecular flexibility index (Phi) is 6.04. The third kappa shape index (κ3) is 5.16. The number of aryl methyl sites for hydroxylation is 2. The van der Waals surface area contributed by atoms with Gasteiger partial charge in [-0.3, -0.25) is 4.79 Å². The molecule has 0 saturated carbocycles. The first-order valence-electron chi connectivity index (χ1n) is 9.47. The van der Waals surface area contributed by atoms with Gasteiger partial charge >= 0.3 is 0 Å². The molecule has 0 spiro atoms. The lowest BCUT2D eigenvalue weighted by Crippen LogP contribution is -2.24. The van der Waals surface area contributed by atoms with Crippen molar-refractivity contribution in [3.8, 4) is 0 Å². The Labute approximate surface area is 166 Å². The SMILES string of the molecule is Cc1cccc(CNC(=O)c2cc(C)nc(Nc3ccc(C(C)C)cc3)n2)c1. The number of nitrogens with zero attached hydrogens (tertiary/aromatic N) is 2. The molecular weight excluding hydrogens is 348 g/mol. The number of hydrogen-bond acceptors (Lipinski definition) is 4. The Bertz CT molecular complexity index is 965. The molecule has 1 amide bonds. The van der Waals surface area contributed by atoms with E-state index in [0.29, 0.717) is 24.1 Å². The number of hydrogen-bond donors (Lipinski definition) is 2. The van der Waals surface area contributed by atoms with Crippen LogP contribution in [0.5, 0.6) is 0 Å². The van der Waals surface area contributed by atoms with Gasteiger partial charge in [0.05, 0.1) is 0 Å². The molecule has 1 aromatic heterocycles. The van der Waals surface area contributed by atoms with Gasteiger partial charge in [0.25, 0.3) is 5.91 Å². The second-order valence-corrected chi connectivity index (χ2v) is 7.29. The van der Waals surface area contributed by atoms with Crippen LogP contribution in [0.1, 0.15) is 52.6 Å². The van der Waals surface area contributed by atoms with Crippen LogP contribution in [-0.2, 0) is 6.54 Å². The zero-order valence-electron chi connectivity index (χ0n) is 16.8. The summed E-state index contributed by atoms with van der Waals surface area (Å²) < 4.78 is 0. The first kappa shape index (κ1) is 19.5. The second kappa shape index (κ2) is 8.65. The number of amides is 1. The average Bonchev–Trinajstić information content (AvgIpc) is 2.66. The van der Waals surface area contributed by atoms with Gasteiger partial charge in [0.15, 0.2) is 0 Å². The van der Waals surface area contributed by atoms with Gasteiger partial charge in [-0.25, -0.2) is 9.97 Å². The molecule has 0 aliphatic heterocycles. The minimum absolute atomic E-state index is 0.217. The molecular formula is C23H26N4O. The maximum Gasteiger partial charge on any atom is 0.270 e. The van der Waals surface area contributed by atoms with Gasteiger partial charge in [-0.1, -0.05) is 55.8 Å². The largest absolute Gasteiger partial charge is 0.347 e. The number of nitrogens with one attached hydrogen (secondary N) is 2. The summed E-state index contributed by atoms with van der Waals surface area (Å²) in [4.78, 5) is 21.3. The topological polar surface area (TPSA) is 66.9 Å². The van der Waals surface area contributed by atoms with Crippen molar-refractivity contribution in [3.05, 3.63) is 82.7 Å². The fourth-order valence-corrected chi connectivity index (χ4v) is 2.92. The van der Waals surface area contributed by atoms with Crippen LogP contribution in [0.2, 0.25) is 0 Å². The maximum atomic E-state index is 12.6. The Balaban J connectivity index is 1.70. The molecule has 0 aliphatic carbocycles. The number of rotatable bonds is 6. The molecule has 28 heavy (non-hydrogen) atoms. The van der Waals surface area contributed by atoms with Gasteiger partial charge in [0.2, 0.25) is 5.95 Å². The highest BCUT2D eigenvalue weighted by Gasteiger charge is 2.11. The first-order chi connectivity index (χ1) is 13.4. The summed E-state index contributed by atoms with van der Waals surface area (Å²) in [7, 11) is 0. The summed E-state index contributed by atoms with van der Waals surface area (Å²) in [6, 6.07) is 17.9. The predicted octanol–water partition coefficient (Wildman–Crippen LogP) is 4.89. The molecule has 1 heterocycles. The van der Waals surface area contributed by atoms with Crippen LogP contribution in [0.25, 0.3) is 0 Å². The molecule has 0 fully saturated rings. The molecule has 0 aliphatic rings. The van der Waals surface area contributed by atoms with Crippen molar-refractivity contribution in [3.63, 3.8) is 0 Å². The van der Waals surface area contributed by atoms with Crippen molar-refractivity contribution in [1.82, 2.24) is 15.3 Å². The lowest BCUT2D eigenvalue weighted by atomic mass is 10.0. The highest BCUT2D eigenvalue weighted by atomic mass is 16.1. The van der Waals surface area contributed by atoms with Gasteiger partial charge in [-0.2, -0.15) is 0 Å². The minimum atomic E-state index is -0.217. The second-order valence-electron chi connectivity index (χ2n) is 7.29. The molecule has 2 N–H and O–H groups in total. The number of carbonyl (C=O) groups is 1. The molecule has 2 aromatic carbocycles. The lowest BCUT2D eigenvalue weighted by molar-refractivity contribution is 0.0945. The molecule has 5 heteroatoms. The number of benzene rings is 2. The van der Waals surface area contributed by atoms with E-state index in [1.807, 2.05) is 44.2 Å². The lowest BCUT2D eigenvalue weighted by Gasteiger charge is -2.10. The van der Waals surface area contributed by atoms with Crippen LogP contribution in [0.4, 0.5) is 11.6 Å². The zero-order chi connectivity index (χ0) is 20.1. The summed E-state index contributed by atoms with van der Waals surface area (Å²) in [5.41, 5.74) is 5.47. The van der Waals surface area contributed by atoms with Crippen LogP contribution in [0.3, 0.4) is 0 Å². The smallest absolute Gasteiger partial charge is 0.270 e. The Morgan fingerprint density at radius 2 is 1.75 bits per heavy atom. The molecule has 0 bridgehead atoms. The van der Waals surface area contributed by atoms with E-state index >= 15 is 0 Å². The standard InChI is InChI=1S/C23H26N4O/c1-15(2)19-8-10-20(11-9-19)26-23-25-17(4)13-21(27-23)22(28)24-14-18-7-5-6-16(3)12-18/h5-13,15H,14H2,1-4H3,(H,24,28)(H,25,26,27). The Morgan fingerprint density at radius 1 is 1.00 bits per heavy atom. The van der Waals surface area contributed by atoms with Gasteiger partial charge < -0.3 is 10.6 Å². The van der Waals surface area contributed by atoms with Crippen molar-refractivity contribution >= 4 is 17.5 Å². The van der Waals surface area contributed by atoms with Crippen LogP contribution in [-0.4, -0.2) is 15.9 Å². The Morgan fingerprint density at radius 3 is 2.43 bits per heavy atom. The van der Waals surface area contributed by atoms with Crippen molar-refractivity contribution < 1.29 is 4.79 Å². The number of carbonyl (C=O) groups excluding carboxylic acids is 1. The van der Waals surface area contributed by atoms with Crippen molar-refractivity contribution in [2.45, 2.75) is 40.2 Å². The number of anilines is 2. The third-order valence-corrected chi connectivity index (χ3v) is 4.46. The Hall–Kier alpha value is -3.21. The van der Waals surface area contributed by atoms with Gasteiger partial charge in [-0.15, -0.1) is 0 Å². The summed E-state index contributed by atoms with van der Waals surface area (Å²) >= 11 is 0. The maximum absolute atomic E-state index is 12.6. The molecule has 0 unspecified atom stereocenters. The van der Waals surface area contributed by atoms with E-state index in [1.165, 1.54) is 11.1 Å². The van der Waals surface area contributed by atoms with Crippen LogP contribution in [0, 0.1) is 13.8 Å². The van der Waals surface area contributed by atoms with Gasteiger partial charge in [-0.05, 0) is 49.1 Å². The van der Waals surface area contributed by atoms with E-state index in [1.54, 1.807) is 6.07 Å². The normalized spacial score (nSPS) is 10.8. The molecule has 3 rings (SSSR count). The van der Waals surface area contributed by atoms with Crippen molar-refractivity contribution in [1.29, 1.82) is 0 Å².